The van der Waals surface area contributed by atoms with Crippen LogP contribution in [0.3, 0.4) is 0 Å². The van der Waals surface area contributed by atoms with Crippen LogP contribution in [0.4, 0.5) is 13.2 Å². The number of halogens is 4. The zero-order valence-electron chi connectivity index (χ0n) is 22.6. The van der Waals surface area contributed by atoms with Crippen molar-refractivity contribution in [2.24, 2.45) is 0 Å². The Morgan fingerprint density at radius 3 is 2.32 bits per heavy atom. The number of methoxy groups -OCH3 is 1. The van der Waals surface area contributed by atoms with Gasteiger partial charge < -0.3 is 19.5 Å². The molecule has 1 N–H and O–H groups in total. The highest BCUT2D eigenvalue weighted by molar-refractivity contribution is 6.30. The number of ether oxygens (including phenoxy) is 1. The SMILES string of the molecule is COCCCN(CC(=O)N(CCc1c[nH]c2ccccc12)Cc1ccc(C(F)(F)F)cc1)C(=O)c1ccc(Cl)cc1. The topological polar surface area (TPSA) is 65.6 Å². The van der Waals surface area contributed by atoms with E-state index in [4.69, 9.17) is 16.3 Å². The fraction of sp³-hybridized carbons (Fsp3) is 0.290. The summed E-state index contributed by atoms with van der Waals surface area (Å²) in [6.45, 7) is 0.912. The molecule has 4 rings (SSSR count). The van der Waals surface area contributed by atoms with Crippen LogP contribution >= 0.6 is 11.6 Å². The van der Waals surface area contributed by atoms with Gasteiger partial charge in [0.2, 0.25) is 5.91 Å². The molecule has 0 atom stereocenters. The number of aromatic amines is 1. The van der Waals surface area contributed by atoms with Crippen LogP contribution in [0.1, 0.15) is 33.5 Å². The maximum Gasteiger partial charge on any atom is 0.416 e. The van der Waals surface area contributed by atoms with Crippen molar-refractivity contribution in [3.05, 3.63) is 106 Å². The molecule has 1 aromatic heterocycles. The van der Waals surface area contributed by atoms with Gasteiger partial charge in [0.05, 0.1) is 5.56 Å². The van der Waals surface area contributed by atoms with E-state index in [2.05, 4.69) is 4.98 Å². The number of carbonyl (C=O) groups is 2. The standard InChI is InChI=1S/C31H31ClF3N3O3/c1-41-18-4-16-38(30(40)23-9-13-26(32)14-10-23)21-29(39)37(20-22-7-11-25(12-8-22)31(33,34)35)17-15-24-19-36-28-6-3-2-5-27(24)28/h2-3,5-14,19,36H,4,15-18,20-21H2,1H3. The van der Waals surface area contributed by atoms with Crippen molar-refractivity contribution < 1.29 is 27.5 Å². The molecule has 0 fully saturated rings. The summed E-state index contributed by atoms with van der Waals surface area (Å²) < 4.78 is 44.4. The van der Waals surface area contributed by atoms with E-state index >= 15 is 0 Å². The monoisotopic (exact) mass is 585 g/mol. The van der Waals surface area contributed by atoms with Gasteiger partial charge >= 0.3 is 6.18 Å². The van der Waals surface area contributed by atoms with Crippen LogP contribution in [0.25, 0.3) is 10.9 Å². The summed E-state index contributed by atoms with van der Waals surface area (Å²) >= 11 is 5.98. The van der Waals surface area contributed by atoms with Crippen LogP contribution in [0, 0.1) is 0 Å². The summed E-state index contributed by atoms with van der Waals surface area (Å²) in [5.41, 5.74) is 2.18. The molecule has 2 amide bonds. The van der Waals surface area contributed by atoms with E-state index in [1.165, 1.54) is 17.0 Å². The lowest BCUT2D eigenvalue weighted by Crippen LogP contribution is -2.44. The van der Waals surface area contributed by atoms with Crippen molar-refractivity contribution in [2.75, 3.05) is 33.4 Å². The number of amides is 2. The zero-order chi connectivity index (χ0) is 29.4. The van der Waals surface area contributed by atoms with Crippen molar-refractivity contribution in [3.8, 4) is 0 Å². The average Bonchev–Trinajstić information content (AvgIpc) is 3.37. The number of nitrogens with zero attached hydrogens (tertiary/aromatic N) is 2. The van der Waals surface area contributed by atoms with Crippen LogP contribution in [0.2, 0.25) is 5.02 Å². The molecular formula is C31H31ClF3N3O3. The number of para-hydroxylation sites is 1. The molecule has 1 heterocycles. The number of fused-ring (bicyclic) bond motifs is 1. The highest BCUT2D eigenvalue weighted by atomic mass is 35.5. The predicted octanol–water partition coefficient (Wildman–Crippen LogP) is 6.59. The molecule has 216 valence electrons. The van der Waals surface area contributed by atoms with Gasteiger partial charge in [-0.05, 0) is 66.4 Å². The molecule has 0 aliphatic rings. The third-order valence-corrected chi connectivity index (χ3v) is 7.07. The quantitative estimate of drug-likeness (QED) is 0.191. The number of rotatable bonds is 12. The third kappa shape index (κ3) is 8.11. The smallest absolute Gasteiger partial charge is 0.385 e. The van der Waals surface area contributed by atoms with Gasteiger partial charge in [0.25, 0.3) is 5.91 Å². The fourth-order valence-corrected chi connectivity index (χ4v) is 4.72. The predicted molar refractivity (Wildman–Crippen MR) is 153 cm³/mol. The lowest BCUT2D eigenvalue weighted by molar-refractivity contribution is -0.137. The van der Waals surface area contributed by atoms with Crippen molar-refractivity contribution >= 4 is 34.3 Å². The minimum absolute atomic E-state index is 0.0976. The molecule has 3 aromatic carbocycles. The maximum atomic E-state index is 13.7. The second kappa shape index (κ2) is 13.7. The molecule has 0 aliphatic carbocycles. The summed E-state index contributed by atoms with van der Waals surface area (Å²) in [5.74, 6) is -0.637. The normalized spacial score (nSPS) is 11.5. The second-order valence-electron chi connectivity index (χ2n) is 9.70. The number of aromatic nitrogens is 1. The van der Waals surface area contributed by atoms with Crippen LogP contribution < -0.4 is 0 Å². The number of hydrogen-bond donors (Lipinski definition) is 1. The Balaban J connectivity index is 1.56. The van der Waals surface area contributed by atoms with Gasteiger partial charge in [-0.25, -0.2) is 0 Å². The van der Waals surface area contributed by atoms with Crippen LogP contribution in [-0.2, 0) is 28.7 Å². The summed E-state index contributed by atoms with van der Waals surface area (Å²) in [5, 5.41) is 1.53. The molecule has 0 unspecified atom stereocenters. The van der Waals surface area contributed by atoms with E-state index in [0.29, 0.717) is 42.1 Å². The molecule has 0 bridgehead atoms. The molecule has 10 heteroatoms. The average molecular weight is 586 g/mol. The van der Waals surface area contributed by atoms with Gasteiger partial charge in [0.1, 0.15) is 6.54 Å². The van der Waals surface area contributed by atoms with Gasteiger partial charge in [-0.1, -0.05) is 41.9 Å². The third-order valence-electron chi connectivity index (χ3n) is 6.81. The van der Waals surface area contributed by atoms with Crippen LogP contribution in [0.5, 0.6) is 0 Å². The van der Waals surface area contributed by atoms with Gasteiger partial charge in [-0.2, -0.15) is 13.2 Å². The largest absolute Gasteiger partial charge is 0.416 e. The Morgan fingerprint density at radius 2 is 1.63 bits per heavy atom. The summed E-state index contributed by atoms with van der Waals surface area (Å²) in [6.07, 6.45) is -1.51. The minimum atomic E-state index is -4.45. The first-order chi connectivity index (χ1) is 19.7. The molecule has 0 saturated carbocycles. The van der Waals surface area contributed by atoms with Gasteiger partial charge in [-0.15, -0.1) is 0 Å². The molecule has 6 nitrogen and oxygen atoms in total. The van der Waals surface area contributed by atoms with Crippen molar-refractivity contribution in [3.63, 3.8) is 0 Å². The molecule has 41 heavy (non-hydrogen) atoms. The summed E-state index contributed by atoms with van der Waals surface area (Å²) in [6, 6.07) is 19.0. The number of carbonyl (C=O) groups excluding carboxylic acids is 2. The number of nitrogens with one attached hydrogen (secondary N) is 1. The van der Waals surface area contributed by atoms with Crippen molar-refractivity contribution in [1.82, 2.24) is 14.8 Å². The lowest BCUT2D eigenvalue weighted by Gasteiger charge is -2.28. The van der Waals surface area contributed by atoms with E-state index < -0.39 is 11.7 Å². The Labute approximate surface area is 241 Å². The van der Waals surface area contributed by atoms with Gasteiger partial charge in [-0.3, -0.25) is 9.59 Å². The molecule has 4 aromatic rings. The van der Waals surface area contributed by atoms with Crippen LogP contribution in [0.15, 0.2) is 79.0 Å². The Morgan fingerprint density at radius 1 is 0.927 bits per heavy atom. The Bertz CT molecular complexity index is 1450. The highest BCUT2D eigenvalue weighted by Crippen LogP contribution is 2.29. The fourth-order valence-electron chi connectivity index (χ4n) is 4.60. The molecular weight excluding hydrogens is 555 g/mol. The number of alkyl halides is 3. The lowest BCUT2D eigenvalue weighted by atomic mass is 10.1. The molecule has 0 radical (unpaired) electrons. The molecule has 0 aliphatic heterocycles. The molecule has 0 spiro atoms. The summed E-state index contributed by atoms with van der Waals surface area (Å²) in [7, 11) is 1.56. The van der Waals surface area contributed by atoms with Crippen molar-refractivity contribution in [1.29, 1.82) is 0 Å². The summed E-state index contributed by atoms with van der Waals surface area (Å²) in [4.78, 5) is 33.4. The number of benzene rings is 3. The number of hydrogen-bond acceptors (Lipinski definition) is 3. The zero-order valence-corrected chi connectivity index (χ0v) is 23.3. The first kappa shape index (κ1) is 30.1. The van der Waals surface area contributed by atoms with Crippen molar-refractivity contribution in [2.45, 2.75) is 25.6 Å². The number of H-pyrrole nitrogens is 1. The van der Waals surface area contributed by atoms with E-state index in [-0.39, 0.29) is 31.4 Å². The van der Waals surface area contributed by atoms with E-state index in [0.717, 1.165) is 28.6 Å². The van der Waals surface area contributed by atoms with Gasteiger partial charge in [0, 0.05) is 61.0 Å². The molecule has 0 saturated heterocycles. The van der Waals surface area contributed by atoms with Crippen LogP contribution in [-0.4, -0.2) is 59.9 Å². The van der Waals surface area contributed by atoms with E-state index in [1.54, 1.807) is 36.3 Å². The van der Waals surface area contributed by atoms with Gasteiger partial charge in [0.15, 0.2) is 0 Å². The second-order valence-corrected chi connectivity index (χ2v) is 10.1. The maximum absolute atomic E-state index is 13.7. The van der Waals surface area contributed by atoms with E-state index in [9.17, 15) is 22.8 Å². The minimum Gasteiger partial charge on any atom is -0.385 e. The Kier molecular flexibility index (Phi) is 10.1. The first-order valence-electron chi connectivity index (χ1n) is 13.2. The Hall–Kier alpha value is -3.82. The highest BCUT2D eigenvalue weighted by Gasteiger charge is 2.30. The first-order valence-corrected chi connectivity index (χ1v) is 13.6. The van der Waals surface area contributed by atoms with E-state index in [1.807, 2.05) is 30.5 Å².